The lowest BCUT2D eigenvalue weighted by molar-refractivity contribution is -0.119. The Hall–Kier alpha value is -2.30. The summed E-state index contributed by atoms with van der Waals surface area (Å²) in [5.41, 5.74) is 6.93. The Balaban J connectivity index is 2.15. The first-order valence-corrected chi connectivity index (χ1v) is 7.82. The Labute approximate surface area is 149 Å². The third-order valence-corrected chi connectivity index (χ3v) is 4.06. The molecular formula is C18H15Cl2NO3. The van der Waals surface area contributed by atoms with E-state index in [-0.39, 0.29) is 12.4 Å². The highest BCUT2D eigenvalue weighted by Gasteiger charge is 2.08. The zero-order valence-corrected chi connectivity index (χ0v) is 14.4. The number of benzene rings is 2. The van der Waals surface area contributed by atoms with Crippen molar-refractivity contribution in [1.29, 1.82) is 0 Å². The van der Waals surface area contributed by atoms with Crippen LogP contribution in [0.15, 0.2) is 42.5 Å². The summed E-state index contributed by atoms with van der Waals surface area (Å²) in [6, 6.07) is 10.1. The van der Waals surface area contributed by atoms with Crippen molar-refractivity contribution >= 4 is 41.0 Å². The molecule has 0 spiro atoms. The fourth-order valence-corrected chi connectivity index (χ4v) is 2.40. The van der Waals surface area contributed by atoms with E-state index in [0.717, 1.165) is 5.56 Å². The number of carbonyl (C=O) groups excluding carboxylic acids is 2. The van der Waals surface area contributed by atoms with E-state index in [1.54, 1.807) is 49.4 Å². The minimum atomic E-state index is -0.559. The molecule has 2 N–H and O–H groups in total. The maximum Gasteiger partial charge on any atom is 0.255 e. The lowest BCUT2D eigenvalue weighted by Gasteiger charge is -2.08. The highest BCUT2D eigenvalue weighted by molar-refractivity contribution is 6.42. The Bertz CT molecular complexity index is 816. The molecule has 0 unspecified atom stereocenters. The van der Waals surface area contributed by atoms with Crippen LogP contribution < -0.4 is 10.5 Å². The van der Waals surface area contributed by atoms with Crippen molar-refractivity contribution in [2.45, 2.75) is 6.92 Å². The van der Waals surface area contributed by atoms with Gasteiger partial charge in [0.05, 0.1) is 10.0 Å². The molecule has 0 aromatic heterocycles. The SMILES string of the molecule is Cc1cc(C(=O)/C=C/c2cccc(Cl)c2Cl)ccc1OCC(N)=O. The highest BCUT2D eigenvalue weighted by atomic mass is 35.5. The molecule has 0 heterocycles. The average Bonchev–Trinajstić information content (AvgIpc) is 2.54. The molecule has 2 aromatic carbocycles. The largest absolute Gasteiger partial charge is 0.484 e. The average molecular weight is 364 g/mol. The lowest BCUT2D eigenvalue weighted by Crippen LogP contribution is -2.20. The van der Waals surface area contributed by atoms with Gasteiger partial charge in [0.25, 0.3) is 5.91 Å². The number of ketones is 1. The van der Waals surface area contributed by atoms with Crippen molar-refractivity contribution in [3.05, 3.63) is 69.2 Å². The fraction of sp³-hybridized carbons (Fsp3) is 0.111. The number of carbonyl (C=O) groups is 2. The molecule has 0 aliphatic rings. The number of rotatable bonds is 6. The van der Waals surface area contributed by atoms with Gasteiger partial charge in [-0.05, 0) is 54.5 Å². The van der Waals surface area contributed by atoms with E-state index in [1.165, 1.54) is 6.08 Å². The Kier molecular flexibility index (Phi) is 6.01. The van der Waals surface area contributed by atoms with Gasteiger partial charge in [0, 0.05) is 5.56 Å². The molecule has 0 bridgehead atoms. The van der Waals surface area contributed by atoms with Gasteiger partial charge in [-0.2, -0.15) is 0 Å². The predicted octanol–water partition coefficient (Wildman–Crippen LogP) is 4.06. The molecular weight excluding hydrogens is 349 g/mol. The van der Waals surface area contributed by atoms with Crippen molar-refractivity contribution in [3.8, 4) is 5.75 Å². The van der Waals surface area contributed by atoms with E-state index in [1.807, 2.05) is 0 Å². The van der Waals surface area contributed by atoms with E-state index in [4.69, 9.17) is 33.7 Å². The van der Waals surface area contributed by atoms with E-state index < -0.39 is 5.91 Å². The molecule has 2 rings (SSSR count). The van der Waals surface area contributed by atoms with Crippen molar-refractivity contribution in [1.82, 2.24) is 0 Å². The number of hydrogen-bond acceptors (Lipinski definition) is 3. The maximum atomic E-state index is 12.3. The van der Waals surface area contributed by atoms with Crippen LogP contribution in [-0.4, -0.2) is 18.3 Å². The summed E-state index contributed by atoms with van der Waals surface area (Å²) >= 11 is 12.0. The van der Waals surface area contributed by atoms with E-state index in [2.05, 4.69) is 0 Å². The number of primary amides is 1. The number of hydrogen-bond donors (Lipinski definition) is 1. The number of allylic oxidation sites excluding steroid dienone is 1. The van der Waals surface area contributed by atoms with Crippen LogP contribution in [0.3, 0.4) is 0 Å². The van der Waals surface area contributed by atoms with Gasteiger partial charge in [-0.25, -0.2) is 0 Å². The molecule has 0 saturated heterocycles. The normalized spacial score (nSPS) is 10.8. The number of nitrogens with two attached hydrogens (primary N) is 1. The van der Waals surface area contributed by atoms with E-state index in [9.17, 15) is 9.59 Å². The topological polar surface area (TPSA) is 69.4 Å². The van der Waals surface area contributed by atoms with Gasteiger partial charge in [-0.15, -0.1) is 0 Å². The molecule has 1 amide bonds. The molecule has 24 heavy (non-hydrogen) atoms. The molecule has 0 aliphatic heterocycles. The van der Waals surface area contributed by atoms with Gasteiger partial charge in [-0.1, -0.05) is 35.3 Å². The Morgan fingerprint density at radius 3 is 2.62 bits per heavy atom. The summed E-state index contributed by atoms with van der Waals surface area (Å²) in [6.07, 6.45) is 3.04. The van der Waals surface area contributed by atoms with Crippen LogP contribution in [0, 0.1) is 6.92 Å². The minimum absolute atomic E-state index is 0.185. The predicted molar refractivity (Wildman–Crippen MR) is 95.7 cm³/mol. The van der Waals surface area contributed by atoms with Crippen molar-refractivity contribution in [2.24, 2.45) is 5.73 Å². The third kappa shape index (κ3) is 4.60. The van der Waals surface area contributed by atoms with Gasteiger partial charge >= 0.3 is 0 Å². The van der Waals surface area contributed by atoms with Crippen LogP contribution in [0.5, 0.6) is 5.75 Å². The summed E-state index contributed by atoms with van der Waals surface area (Å²) in [6.45, 7) is 1.58. The third-order valence-electron chi connectivity index (χ3n) is 3.23. The molecule has 2 aromatic rings. The summed E-state index contributed by atoms with van der Waals surface area (Å²) in [5, 5.41) is 0.827. The first-order chi connectivity index (χ1) is 11.4. The molecule has 4 nitrogen and oxygen atoms in total. The first-order valence-electron chi connectivity index (χ1n) is 7.06. The van der Waals surface area contributed by atoms with Gasteiger partial charge in [0.1, 0.15) is 5.75 Å². The fourth-order valence-electron chi connectivity index (χ4n) is 2.02. The molecule has 124 valence electrons. The lowest BCUT2D eigenvalue weighted by atomic mass is 10.1. The Morgan fingerprint density at radius 2 is 1.96 bits per heavy atom. The smallest absolute Gasteiger partial charge is 0.255 e. The van der Waals surface area contributed by atoms with Gasteiger partial charge in [-0.3, -0.25) is 9.59 Å². The van der Waals surface area contributed by atoms with Crippen LogP contribution in [-0.2, 0) is 4.79 Å². The van der Waals surface area contributed by atoms with Crippen molar-refractivity contribution in [2.75, 3.05) is 6.61 Å². The molecule has 0 atom stereocenters. The monoisotopic (exact) mass is 363 g/mol. The molecule has 0 saturated carbocycles. The van der Waals surface area contributed by atoms with E-state index >= 15 is 0 Å². The van der Waals surface area contributed by atoms with Crippen LogP contribution in [0.25, 0.3) is 6.08 Å². The van der Waals surface area contributed by atoms with Gasteiger partial charge in [0.15, 0.2) is 12.4 Å². The summed E-state index contributed by atoms with van der Waals surface area (Å²) in [5.74, 6) is -0.237. The second kappa shape index (κ2) is 7.99. The number of halogens is 2. The van der Waals surface area contributed by atoms with Crippen LogP contribution >= 0.6 is 23.2 Å². The van der Waals surface area contributed by atoms with Crippen LogP contribution in [0.4, 0.5) is 0 Å². The van der Waals surface area contributed by atoms with Crippen LogP contribution in [0.2, 0.25) is 10.0 Å². The maximum absolute atomic E-state index is 12.3. The first kappa shape index (κ1) is 18.0. The van der Waals surface area contributed by atoms with Crippen molar-refractivity contribution in [3.63, 3.8) is 0 Å². The molecule has 0 aliphatic carbocycles. The van der Waals surface area contributed by atoms with Gasteiger partial charge in [0.2, 0.25) is 0 Å². The highest BCUT2D eigenvalue weighted by Crippen LogP contribution is 2.26. The standard InChI is InChI=1S/C18H15Cl2NO3/c1-11-9-13(6-8-16(11)24-10-17(21)23)15(22)7-5-12-3-2-4-14(19)18(12)20/h2-9H,10H2,1H3,(H2,21,23)/b7-5+. The quantitative estimate of drug-likeness (QED) is 0.621. The zero-order chi connectivity index (χ0) is 17.7. The minimum Gasteiger partial charge on any atom is -0.484 e. The zero-order valence-electron chi connectivity index (χ0n) is 12.9. The number of aryl methyl sites for hydroxylation is 1. The van der Waals surface area contributed by atoms with Crippen molar-refractivity contribution < 1.29 is 14.3 Å². The summed E-state index contributed by atoms with van der Waals surface area (Å²) < 4.78 is 5.26. The van der Waals surface area contributed by atoms with Crippen LogP contribution in [0.1, 0.15) is 21.5 Å². The summed E-state index contributed by atoms with van der Waals surface area (Å²) in [7, 11) is 0. The van der Waals surface area contributed by atoms with E-state index in [0.29, 0.717) is 26.9 Å². The molecule has 0 radical (unpaired) electrons. The second-order valence-corrected chi connectivity index (χ2v) is 5.86. The Morgan fingerprint density at radius 1 is 1.21 bits per heavy atom. The summed E-state index contributed by atoms with van der Waals surface area (Å²) in [4.78, 5) is 23.0. The number of amides is 1. The second-order valence-electron chi connectivity index (χ2n) is 5.08. The molecule has 0 fully saturated rings. The van der Waals surface area contributed by atoms with Gasteiger partial charge < -0.3 is 10.5 Å². The number of ether oxygens (including phenoxy) is 1. The molecule has 6 heteroatoms.